The molecule has 0 aliphatic heterocycles. The van der Waals surface area contributed by atoms with Gasteiger partial charge in [0.2, 0.25) is 10.0 Å². The first-order chi connectivity index (χ1) is 17.7. The Morgan fingerprint density at radius 1 is 1.03 bits per heavy atom. The molecule has 5 N–H and O–H groups in total. The number of benzene rings is 2. The number of rotatable bonds is 8. The first-order valence-electron chi connectivity index (χ1n) is 11.1. The fourth-order valence-corrected chi connectivity index (χ4v) is 4.57. The minimum atomic E-state index is -3.92. The molecule has 2 amide bonds. The number of nitrogen functional groups attached to an aromatic ring is 1. The number of alkyl halides is 1. The van der Waals surface area contributed by atoms with Crippen LogP contribution in [0.1, 0.15) is 6.42 Å². The number of nitrogens with two attached hydrogens (primary N) is 1. The molecule has 0 saturated carbocycles. The van der Waals surface area contributed by atoms with Gasteiger partial charge in [0, 0.05) is 23.9 Å². The van der Waals surface area contributed by atoms with Gasteiger partial charge in [0.15, 0.2) is 17.5 Å². The number of carbonyl (C=O) groups excluding carboxylic acids is 1. The summed E-state index contributed by atoms with van der Waals surface area (Å²) in [5.74, 6) is -0.898. The fraction of sp³-hybridized carbons (Fsp3) is 0.167. The number of hydrogen-bond donors (Lipinski definition) is 4. The Balaban J connectivity index is 1.64. The van der Waals surface area contributed by atoms with Crippen LogP contribution in [0.15, 0.2) is 54.6 Å². The average Bonchev–Trinajstić information content (AvgIpc) is 2.89. The molecule has 0 bridgehead atoms. The van der Waals surface area contributed by atoms with Crippen LogP contribution in [0.2, 0.25) is 0 Å². The maximum atomic E-state index is 15.2. The van der Waals surface area contributed by atoms with Gasteiger partial charge in [-0.3, -0.25) is 9.11 Å². The van der Waals surface area contributed by atoms with Crippen molar-refractivity contribution < 1.29 is 22.0 Å². The van der Waals surface area contributed by atoms with Crippen LogP contribution in [0, 0.1) is 5.82 Å². The van der Waals surface area contributed by atoms with Crippen molar-refractivity contribution in [3.63, 3.8) is 0 Å². The number of aromatic nitrogens is 3. The van der Waals surface area contributed by atoms with Crippen LogP contribution in [0.25, 0.3) is 33.7 Å². The standard InChI is InChI=1S/C24H23F2N7O3S/c1-28-24(34)29-15-8-6-14(7-9-15)23-31-19-11-10-17(30-21(19)22(27)32-23)16-4-2-5-18(20(16)26)33-37(35,36)13-3-12-25/h2,4-11,33H,3,12-13H2,1H3,(H2,27,31,32)(H2,28,29,34). The lowest BCUT2D eigenvalue weighted by molar-refractivity contribution is 0.254. The van der Waals surface area contributed by atoms with Crippen LogP contribution < -0.4 is 21.1 Å². The molecular formula is C24H23F2N7O3S. The smallest absolute Gasteiger partial charge is 0.318 e. The quantitative estimate of drug-likeness (QED) is 0.271. The van der Waals surface area contributed by atoms with Crippen molar-refractivity contribution in [1.82, 2.24) is 20.3 Å². The van der Waals surface area contributed by atoms with Gasteiger partial charge in [0.05, 0.1) is 29.3 Å². The minimum Gasteiger partial charge on any atom is -0.382 e. The first-order valence-corrected chi connectivity index (χ1v) is 12.7. The van der Waals surface area contributed by atoms with Gasteiger partial charge in [0.25, 0.3) is 0 Å². The van der Waals surface area contributed by atoms with Crippen molar-refractivity contribution in [3.05, 3.63) is 60.4 Å². The van der Waals surface area contributed by atoms with Gasteiger partial charge in [-0.2, -0.15) is 0 Å². The predicted octanol–water partition coefficient (Wildman–Crippen LogP) is 3.93. The topological polar surface area (TPSA) is 152 Å². The maximum Gasteiger partial charge on any atom is 0.318 e. The van der Waals surface area contributed by atoms with Crippen LogP contribution in [-0.4, -0.2) is 48.9 Å². The molecule has 2 aromatic carbocycles. The average molecular weight is 528 g/mol. The van der Waals surface area contributed by atoms with Gasteiger partial charge in [-0.05, 0) is 55.0 Å². The third kappa shape index (κ3) is 5.89. The number of sulfonamides is 1. The Hall–Kier alpha value is -4.39. The highest BCUT2D eigenvalue weighted by atomic mass is 32.2. The zero-order valence-electron chi connectivity index (χ0n) is 19.6. The van der Waals surface area contributed by atoms with Crippen molar-refractivity contribution >= 4 is 44.3 Å². The van der Waals surface area contributed by atoms with Gasteiger partial charge in [-0.1, -0.05) is 6.07 Å². The van der Waals surface area contributed by atoms with Crippen LogP contribution in [0.3, 0.4) is 0 Å². The van der Waals surface area contributed by atoms with E-state index in [2.05, 4.69) is 30.3 Å². The van der Waals surface area contributed by atoms with E-state index in [4.69, 9.17) is 5.73 Å². The Labute approximate surface area is 211 Å². The molecule has 4 rings (SSSR count). The van der Waals surface area contributed by atoms with Crippen LogP contribution in [-0.2, 0) is 10.0 Å². The summed E-state index contributed by atoms with van der Waals surface area (Å²) in [6.45, 7) is -0.796. The Morgan fingerprint density at radius 3 is 2.49 bits per heavy atom. The summed E-state index contributed by atoms with van der Waals surface area (Å²) in [6, 6.07) is 13.8. The molecule has 192 valence electrons. The highest BCUT2D eigenvalue weighted by Crippen LogP contribution is 2.30. The molecule has 0 fully saturated rings. The van der Waals surface area contributed by atoms with E-state index in [1.165, 1.54) is 31.3 Å². The number of pyridine rings is 1. The summed E-state index contributed by atoms with van der Waals surface area (Å²) in [5.41, 5.74) is 8.02. The van der Waals surface area contributed by atoms with Crippen molar-refractivity contribution in [2.24, 2.45) is 0 Å². The molecule has 0 saturated heterocycles. The van der Waals surface area contributed by atoms with E-state index in [-0.39, 0.29) is 40.7 Å². The van der Waals surface area contributed by atoms with E-state index in [9.17, 15) is 17.6 Å². The molecule has 0 aliphatic rings. The summed E-state index contributed by atoms with van der Waals surface area (Å²) < 4.78 is 53.9. The van der Waals surface area contributed by atoms with Crippen LogP contribution in [0.4, 0.5) is 30.8 Å². The van der Waals surface area contributed by atoms with Gasteiger partial charge >= 0.3 is 6.03 Å². The minimum absolute atomic E-state index is 0.0373. The highest BCUT2D eigenvalue weighted by Gasteiger charge is 2.18. The summed E-state index contributed by atoms with van der Waals surface area (Å²) in [7, 11) is -2.40. The zero-order valence-corrected chi connectivity index (χ0v) is 20.4. The number of fused-ring (bicyclic) bond motifs is 1. The molecule has 4 aromatic rings. The molecule has 2 heterocycles. The number of nitrogens with one attached hydrogen (secondary N) is 3. The molecule has 0 spiro atoms. The second-order valence-electron chi connectivity index (χ2n) is 7.91. The Morgan fingerprint density at radius 2 is 1.78 bits per heavy atom. The Bertz CT molecular complexity index is 1570. The van der Waals surface area contributed by atoms with Gasteiger partial charge < -0.3 is 16.4 Å². The van der Waals surface area contributed by atoms with Crippen molar-refractivity contribution in [2.75, 3.05) is 35.2 Å². The van der Waals surface area contributed by atoms with E-state index in [0.717, 1.165) is 0 Å². The lowest BCUT2D eigenvalue weighted by Crippen LogP contribution is -2.24. The van der Waals surface area contributed by atoms with Gasteiger partial charge in [0.1, 0.15) is 5.52 Å². The van der Waals surface area contributed by atoms with Crippen molar-refractivity contribution in [3.8, 4) is 22.6 Å². The van der Waals surface area contributed by atoms with E-state index in [1.807, 2.05) is 0 Å². The van der Waals surface area contributed by atoms with E-state index < -0.39 is 28.3 Å². The number of urea groups is 1. The molecule has 37 heavy (non-hydrogen) atoms. The molecule has 0 radical (unpaired) electrons. The number of amides is 2. The lowest BCUT2D eigenvalue weighted by atomic mass is 10.1. The molecule has 13 heteroatoms. The van der Waals surface area contributed by atoms with E-state index in [1.54, 1.807) is 30.3 Å². The third-order valence-corrected chi connectivity index (χ3v) is 6.64. The molecule has 2 aromatic heterocycles. The van der Waals surface area contributed by atoms with E-state index in [0.29, 0.717) is 22.6 Å². The number of anilines is 3. The maximum absolute atomic E-state index is 15.2. The predicted molar refractivity (Wildman–Crippen MR) is 139 cm³/mol. The van der Waals surface area contributed by atoms with E-state index >= 15 is 4.39 Å². The number of halogens is 2. The molecule has 0 unspecified atom stereocenters. The molecule has 10 nitrogen and oxygen atoms in total. The zero-order chi connectivity index (χ0) is 26.6. The molecule has 0 aliphatic carbocycles. The van der Waals surface area contributed by atoms with Crippen molar-refractivity contribution in [2.45, 2.75) is 6.42 Å². The molecular weight excluding hydrogens is 504 g/mol. The van der Waals surface area contributed by atoms with Gasteiger partial charge in [-0.25, -0.2) is 32.6 Å². The van der Waals surface area contributed by atoms with Crippen LogP contribution >= 0.6 is 0 Å². The van der Waals surface area contributed by atoms with Gasteiger partial charge in [-0.15, -0.1) is 0 Å². The lowest BCUT2D eigenvalue weighted by Gasteiger charge is -2.12. The summed E-state index contributed by atoms with van der Waals surface area (Å²) in [5, 5.41) is 5.12. The first kappa shape index (κ1) is 25.7. The van der Waals surface area contributed by atoms with Crippen LogP contribution in [0.5, 0.6) is 0 Å². The summed E-state index contributed by atoms with van der Waals surface area (Å²) in [6.07, 6.45) is -0.193. The Kier molecular flexibility index (Phi) is 7.43. The summed E-state index contributed by atoms with van der Waals surface area (Å²) in [4.78, 5) is 24.7. The summed E-state index contributed by atoms with van der Waals surface area (Å²) >= 11 is 0. The second kappa shape index (κ2) is 10.7. The monoisotopic (exact) mass is 527 g/mol. The second-order valence-corrected chi connectivity index (χ2v) is 9.75. The number of nitrogens with zero attached hydrogens (tertiary/aromatic N) is 3. The third-order valence-electron chi connectivity index (χ3n) is 5.28. The number of hydrogen-bond acceptors (Lipinski definition) is 7. The fourth-order valence-electron chi connectivity index (χ4n) is 3.48. The van der Waals surface area contributed by atoms with Crippen molar-refractivity contribution in [1.29, 1.82) is 0 Å². The largest absolute Gasteiger partial charge is 0.382 e. The normalized spacial score (nSPS) is 11.3. The molecule has 0 atom stereocenters. The number of carbonyl (C=O) groups is 1. The highest BCUT2D eigenvalue weighted by molar-refractivity contribution is 7.92. The SMILES string of the molecule is CNC(=O)Nc1ccc(-c2nc(N)c3nc(-c4cccc(NS(=O)(=O)CCCF)c4F)ccc3n2)cc1.